The van der Waals surface area contributed by atoms with E-state index < -0.39 is 7.38 Å². The molecule has 62 valence electrons. The van der Waals surface area contributed by atoms with Crippen molar-refractivity contribution in [3.8, 4) is 11.5 Å². The largest absolute Gasteiger partial charge is 0.260 e. The first-order valence-corrected chi connectivity index (χ1v) is 7.36. The lowest BCUT2D eigenvalue weighted by atomic mass is 10.4. The first kappa shape index (κ1) is 9.38. The standard InChI is InChI=1S/C10H11ClSi/c1-3-9-12(2,11)10-7-5-4-6-8-10/h4-8H,1-2H3. The molecule has 0 radical (unpaired) electrons. The minimum Gasteiger partial charge on any atom is -0.144 e. The zero-order valence-corrected chi connectivity index (χ0v) is 9.02. The third kappa shape index (κ3) is 2.13. The third-order valence-electron chi connectivity index (χ3n) is 1.68. The molecule has 0 amide bonds. The fourth-order valence-corrected chi connectivity index (χ4v) is 3.15. The molecule has 2 heteroatoms. The first-order valence-electron chi connectivity index (χ1n) is 3.85. The first-order chi connectivity index (χ1) is 5.67. The molecule has 0 saturated carbocycles. The maximum atomic E-state index is 6.33. The van der Waals surface area contributed by atoms with Gasteiger partial charge in [0.1, 0.15) is 0 Å². The third-order valence-corrected chi connectivity index (χ3v) is 4.75. The lowest BCUT2D eigenvalue weighted by molar-refractivity contribution is 1.75. The van der Waals surface area contributed by atoms with Crippen LogP contribution in [0.4, 0.5) is 0 Å². The number of hydrogen-bond donors (Lipinski definition) is 0. The predicted molar refractivity (Wildman–Crippen MR) is 57.0 cm³/mol. The minimum absolute atomic E-state index is 1.18. The molecule has 1 atom stereocenters. The second-order valence-corrected chi connectivity index (χ2v) is 7.85. The molecule has 1 aromatic carbocycles. The number of hydrogen-bond acceptors (Lipinski definition) is 0. The van der Waals surface area contributed by atoms with Gasteiger partial charge in [-0.15, -0.1) is 22.5 Å². The van der Waals surface area contributed by atoms with Crippen LogP contribution < -0.4 is 5.19 Å². The van der Waals surface area contributed by atoms with Crippen LogP contribution in [0.5, 0.6) is 0 Å². The van der Waals surface area contributed by atoms with Crippen LogP contribution in [-0.4, -0.2) is 7.38 Å². The molecule has 0 aromatic heterocycles. The minimum atomic E-state index is -1.97. The Hall–Kier alpha value is -0.713. The van der Waals surface area contributed by atoms with E-state index in [1.54, 1.807) is 0 Å². The molecular weight excluding hydrogens is 184 g/mol. The van der Waals surface area contributed by atoms with Crippen molar-refractivity contribution in [3.63, 3.8) is 0 Å². The summed E-state index contributed by atoms with van der Waals surface area (Å²) >= 11 is 6.33. The van der Waals surface area contributed by atoms with Crippen LogP contribution in [0, 0.1) is 11.5 Å². The van der Waals surface area contributed by atoms with Gasteiger partial charge in [-0.1, -0.05) is 30.3 Å². The van der Waals surface area contributed by atoms with Crippen LogP contribution in [0.15, 0.2) is 30.3 Å². The summed E-state index contributed by atoms with van der Waals surface area (Å²) in [5, 5.41) is 1.18. The quantitative estimate of drug-likeness (QED) is 0.366. The van der Waals surface area contributed by atoms with Gasteiger partial charge in [0.05, 0.1) is 0 Å². The van der Waals surface area contributed by atoms with E-state index in [4.69, 9.17) is 11.1 Å². The highest BCUT2D eigenvalue weighted by Crippen LogP contribution is 2.06. The van der Waals surface area contributed by atoms with E-state index in [0.29, 0.717) is 0 Å². The number of halogens is 1. The molecular formula is C10H11ClSi. The fourth-order valence-electron chi connectivity index (χ4n) is 1.06. The molecule has 0 fully saturated rings. The summed E-state index contributed by atoms with van der Waals surface area (Å²) in [7, 11) is -1.97. The van der Waals surface area contributed by atoms with Gasteiger partial charge in [0.2, 0.25) is 0 Å². The topological polar surface area (TPSA) is 0 Å². The van der Waals surface area contributed by atoms with Crippen molar-refractivity contribution in [1.82, 2.24) is 0 Å². The van der Waals surface area contributed by atoms with Gasteiger partial charge in [-0.3, -0.25) is 0 Å². The van der Waals surface area contributed by atoms with E-state index in [1.807, 2.05) is 43.8 Å². The van der Waals surface area contributed by atoms with Crippen molar-refractivity contribution < 1.29 is 0 Å². The Labute approximate surface area is 79.3 Å². The number of benzene rings is 1. The normalized spacial score (nSPS) is 14.2. The molecule has 0 aliphatic carbocycles. The van der Waals surface area contributed by atoms with Crippen LogP contribution >= 0.6 is 11.1 Å². The van der Waals surface area contributed by atoms with Gasteiger partial charge in [-0.05, 0) is 18.7 Å². The molecule has 1 aromatic rings. The van der Waals surface area contributed by atoms with Gasteiger partial charge in [-0.2, -0.15) is 0 Å². The van der Waals surface area contributed by atoms with Crippen LogP contribution in [0.3, 0.4) is 0 Å². The Morgan fingerprint density at radius 2 is 1.83 bits per heavy atom. The molecule has 0 saturated heterocycles. The molecule has 0 aliphatic heterocycles. The van der Waals surface area contributed by atoms with Gasteiger partial charge >= 0.3 is 0 Å². The Morgan fingerprint density at radius 3 is 2.33 bits per heavy atom. The van der Waals surface area contributed by atoms with Gasteiger partial charge in [0.15, 0.2) is 0 Å². The molecule has 1 rings (SSSR count). The second-order valence-electron chi connectivity index (χ2n) is 2.74. The maximum Gasteiger partial charge on any atom is 0.260 e. The van der Waals surface area contributed by atoms with Crippen molar-refractivity contribution in [2.45, 2.75) is 13.5 Å². The van der Waals surface area contributed by atoms with Crippen LogP contribution in [-0.2, 0) is 0 Å². The Balaban J connectivity index is 3.03. The highest BCUT2D eigenvalue weighted by atomic mass is 35.6. The monoisotopic (exact) mass is 194 g/mol. The lowest BCUT2D eigenvalue weighted by Gasteiger charge is -2.11. The Kier molecular flexibility index (Phi) is 2.97. The van der Waals surface area contributed by atoms with Crippen molar-refractivity contribution in [3.05, 3.63) is 30.3 Å². The van der Waals surface area contributed by atoms with E-state index in [1.165, 1.54) is 5.19 Å². The van der Waals surface area contributed by atoms with Crippen molar-refractivity contribution >= 4 is 23.6 Å². The molecule has 0 N–H and O–H groups in total. The Morgan fingerprint density at radius 1 is 1.25 bits per heavy atom. The van der Waals surface area contributed by atoms with E-state index >= 15 is 0 Å². The van der Waals surface area contributed by atoms with Crippen molar-refractivity contribution in [2.24, 2.45) is 0 Å². The summed E-state index contributed by atoms with van der Waals surface area (Å²) in [6.45, 7) is 3.87. The zero-order valence-electron chi connectivity index (χ0n) is 7.26. The molecule has 12 heavy (non-hydrogen) atoms. The van der Waals surface area contributed by atoms with Gasteiger partial charge in [-0.25, -0.2) is 0 Å². The molecule has 0 heterocycles. The van der Waals surface area contributed by atoms with E-state index in [2.05, 4.69) is 11.5 Å². The van der Waals surface area contributed by atoms with Crippen LogP contribution in [0.2, 0.25) is 6.55 Å². The van der Waals surface area contributed by atoms with Crippen LogP contribution in [0.25, 0.3) is 0 Å². The van der Waals surface area contributed by atoms with Gasteiger partial charge < -0.3 is 0 Å². The molecule has 0 bridgehead atoms. The smallest absolute Gasteiger partial charge is 0.144 e. The molecule has 0 aliphatic rings. The Bertz CT molecular complexity index is 306. The SMILES string of the molecule is CC#C[Si](C)(Cl)c1ccccc1. The van der Waals surface area contributed by atoms with E-state index in [9.17, 15) is 0 Å². The van der Waals surface area contributed by atoms with Crippen molar-refractivity contribution in [2.75, 3.05) is 0 Å². The zero-order chi connectivity index (χ0) is 9.03. The highest BCUT2D eigenvalue weighted by Gasteiger charge is 2.23. The van der Waals surface area contributed by atoms with Crippen molar-refractivity contribution in [1.29, 1.82) is 0 Å². The fraction of sp³-hybridized carbons (Fsp3) is 0.200. The van der Waals surface area contributed by atoms with E-state index in [0.717, 1.165) is 0 Å². The predicted octanol–water partition coefficient (Wildman–Crippen LogP) is 2.27. The molecule has 0 spiro atoms. The van der Waals surface area contributed by atoms with E-state index in [-0.39, 0.29) is 0 Å². The summed E-state index contributed by atoms with van der Waals surface area (Å²) in [5.41, 5.74) is 3.09. The second kappa shape index (κ2) is 3.80. The van der Waals surface area contributed by atoms with Gasteiger partial charge in [0.25, 0.3) is 7.38 Å². The highest BCUT2D eigenvalue weighted by molar-refractivity contribution is 7.31. The average molecular weight is 195 g/mol. The van der Waals surface area contributed by atoms with Gasteiger partial charge in [0, 0.05) is 0 Å². The summed E-state index contributed by atoms with van der Waals surface area (Å²) in [4.78, 5) is 0. The summed E-state index contributed by atoms with van der Waals surface area (Å²) in [6, 6.07) is 10.1. The summed E-state index contributed by atoms with van der Waals surface area (Å²) < 4.78 is 0. The molecule has 1 unspecified atom stereocenters. The molecule has 0 nitrogen and oxygen atoms in total. The lowest BCUT2D eigenvalue weighted by Crippen LogP contribution is -2.37. The van der Waals surface area contributed by atoms with Crippen LogP contribution in [0.1, 0.15) is 6.92 Å². The average Bonchev–Trinajstić information content (AvgIpc) is 2.06. The number of rotatable bonds is 1. The summed E-state index contributed by atoms with van der Waals surface area (Å²) in [5.74, 6) is 2.89. The maximum absolute atomic E-state index is 6.33. The summed E-state index contributed by atoms with van der Waals surface area (Å²) in [6.07, 6.45) is 0.